The Hall–Kier alpha value is -4.20. The van der Waals surface area contributed by atoms with Gasteiger partial charge in [0.25, 0.3) is 0 Å². The normalized spacial score (nSPS) is 10.5. The van der Waals surface area contributed by atoms with Crippen molar-refractivity contribution in [2.24, 2.45) is 0 Å². The van der Waals surface area contributed by atoms with Crippen LogP contribution in [-0.2, 0) is 0 Å². The zero-order valence-electron chi connectivity index (χ0n) is 16.5. The van der Waals surface area contributed by atoms with Gasteiger partial charge in [-0.05, 0) is 50.2 Å². The quantitative estimate of drug-likeness (QED) is 0.506. The molecule has 150 valence electrons. The standard InChI is InChI=1S/C22H20N6O2/c1-15-3-5-17(6-4-15)26-22(29)27-18-7-9-19(10-8-18)30-21-13-20(24-16(2)25-21)28-12-11-23-14-28/h3-14H,1-2H3,(H2,26,27,29). The Kier molecular flexibility index (Phi) is 5.38. The Morgan fingerprint density at radius 3 is 2.23 bits per heavy atom. The Balaban J connectivity index is 1.40. The smallest absolute Gasteiger partial charge is 0.323 e. The number of aryl methyl sites for hydroxylation is 2. The zero-order chi connectivity index (χ0) is 20.9. The Morgan fingerprint density at radius 1 is 0.933 bits per heavy atom. The van der Waals surface area contributed by atoms with Crippen LogP contribution in [0.1, 0.15) is 11.4 Å². The third-order valence-corrected chi connectivity index (χ3v) is 4.21. The van der Waals surface area contributed by atoms with Crippen LogP contribution in [0.4, 0.5) is 16.2 Å². The van der Waals surface area contributed by atoms with E-state index in [-0.39, 0.29) is 6.03 Å². The van der Waals surface area contributed by atoms with Gasteiger partial charge in [0.1, 0.15) is 23.7 Å². The molecule has 0 bridgehead atoms. The average molecular weight is 400 g/mol. The van der Waals surface area contributed by atoms with E-state index in [1.54, 1.807) is 60.5 Å². The van der Waals surface area contributed by atoms with Crippen molar-refractivity contribution in [3.63, 3.8) is 0 Å². The molecule has 4 rings (SSSR count). The van der Waals surface area contributed by atoms with Crippen molar-refractivity contribution in [2.45, 2.75) is 13.8 Å². The molecule has 8 heteroatoms. The van der Waals surface area contributed by atoms with Gasteiger partial charge in [-0.25, -0.2) is 14.8 Å². The highest BCUT2D eigenvalue weighted by atomic mass is 16.5. The number of hydrogen-bond acceptors (Lipinski definition) is 5. The highest BCUT2D eigenvalue weighted by molar-refractivity contribution is 5.99. The third kappa shape index (κ3) is 4.79. The van der Waals surface area contributed by atoms with Crippen molar-refractivity contribution < 1.29 is 9.53 Å². The van der Waals surface area contributed by atoms with Crippen molar-refractivity contribution in [1.82, 2.24) is 19.5 Å². The molecule has 2 N–H and O–H groups in total. The second-order valence-corrected chi connectivity index (χ2v) is 6.65. The van der Waals surface area contributed by atoms with E-state index < -0.39 is 0 Å². The first-order chi connectivity index (χ1) is 14.5. The fourth-order valence-corrected chi connectivity index (χ4v) is 2.76. The van der Waals surface area contributed by atoms with Crippen LogP contribution in [0, 0.1) is 13.8 Å². The number of rotatable bonds is 5. The maximum Gasteiger partial charge on any atom is 0.323 e. The Labute approximate surface area is 173 Å². The van der Waals surface area contributed by atoms with Gasteiger partial charge in [-0.2, -0.15) is 4.98 Å². The van der Waals surface area contributed by atoms with E-state index in [1.165, 1.54) is 0 Å². The number of benzene rings is 2. The van der Waals surface area contributed by atoms with Crippen LogP contribution in [0.25, 0.3) is 5.82 Å². The number of carbonyl (C=O) groups is 1. The molecule has 0 radical (unpaired) electrons. The number of nitrogens with zero attached hydrogens (tertiary/aromatic N) is 4. The van der Waals surface area contributed by atoms with Gasteiger partial charge in [0, 0.05) is 29.8 Å². The summed E-state index contributed by atoms with van der Waals surface area (Å²) >= 11 is 0. The molecule has 2 aromatic heterocycles. The van der Waals surface area contributed by atoms with E-state index in [9.17, 15) is 4.79 Å². The molecule has 0 aliphatic rings. The van der Waals surface area contributed by atoms with Crippen molar-refractivity contribution >= 4 is 17.4 Å². The summed E-state index contributed by atoms with van der Waals surface area (Å²) in [7, 11) is 0. The maximum absolute atomic E-state index is 12.2. The molecular formula is C22H20N6O2. The van der Waals surface area contributed by atoms with Crippen molar-refractivity contribution in [3.8, 4) is 17.4 Å². The number of nitrogens with one attached hydrogen (secondary N) is 2. The minimum atomic E-state index is -0.316. The second-order valence-electron chi connectivity index (χ2n) is 6.65. The zero-order valence-corrected chi connectivity index (χ0v) is 16.5. The minimum absolute atomic E-state index is 0.316. The van der Waals surface area contributed by atoms with Crippen LogP contribution in [0.3, 0.4) is 0 Å². The molecule has 0 fully saturated rings. The molecule has 0 aliphatic carbocycles. The molecule has 0 aliphatic heterocycles. The lowest BCUT2D eigenvalue weighted by Crippen LogP contribution is -2.19. The summed E-state index contributed by atoms with van der Waals surface area (Å²) in [5, 5.41) is 5.58. The first-order valence-corrected chi connectivity index (χ1v) is 9.32. The fraction of sp³-hybridized carbons (Fsp3) is 0.0909. The number of ether oxygens (including phenoxy) is 1. The van der Waals surface area contributed by atoms with Gasteiger partial charge < -0.3 is 15.4 Å². The van der Waals surface area contributed by atoms with E-state index in [1.807, 2.05) is 31.2 Å². The highest BCUT2D eigenvalue weighted by Crippen LogP contribution is 2.23. The molecule has 0 unspecified atom stereocenters. The number of carbonyl (C=O) groups excluding carboxylic acids is 1. The van der Waals surface area contributed by atoms with Gasteiger partial charge in [0.15, 0.2) is 0 Å². The minimum Gasteiger partial charge on any atom is -0.439 e. The summed E-state index contributed by atoms with van der Waals surface area (Å²) in [6, 6.07) is 16.0. The van der Waals surface area contributed by atoms with Crippen molar-refractivity contribution in [3.05, 3.63) is 84.7 Å². The number of hydrogen-bond donors (Lipinski definition) is 2. The predicted molar refractivity (Wildman–Crippen MR) is 114 cm³/mol. The number of anilines is 2. The number of imidazole rings is 1. The first kappa shape index (κ1) is 19.1. The van der Waals surface area contributed by atoms with E-state index in [4.69, 9.17) is 4.74 Å². The second kappa shape index (κ2) is 8.44. The fourth-order valence-electron chi connectivity index (χ4n) is 2.76. The summed E-state index contributed by atoms with van der Waals surface area (Å²) in [4.78, 5) is 24.9. The maximum atomic E-state index is 12.2. The topological polar surface area (TPSA) is 94.0 Å². The van der Waals surface area contributed by atoms with E-state index >= 15 is 0 Å². The molecule has 2 aromatic carbocycles. The van der Waals surface area contributed by atoms with Crippen LogP contribution in [-0.4, -0.2) is 25.6 Å². The van der Waals surface area contributed by atoms with Gasteiger partial charge in [-0.1, -0.05) is 17.7 Å². The highest BCUT2D eigenvalue weighted by Gasteiger charge is 2.07. The van der Waals surface area contributed by atoms with Crippen LogP contribution >= 0.6 is 0 Å². The van der Waals surface area contributed by atoms with Crippen molar-refractivity contribution in [2.75, 3.05) is 10.6 Å². The van der Waals surface area contributed by atoms with Gasteiger partial charge in [-0.3, -0.25) is 4.57 Å². The first-order valence-electron chi connectivity index (χ1n) is 9.32. The summed E-state index contributed by atoms with van der Waals surface area (Å²) in [6.45, 7) is 3.79. The lowest BCUT2D eigenvalue weighted by Gasteiger charge is -2.10. The number of aromatic nitrogens is 4. The Morgan fingerprint density at radius 2 is 1.60 bits per heavy atom. The molecule has 8 nitrogen and oxygen atoms in total. The lowest BCUT2D eigenvalue weighted by atomic mass is 10.2. The Bertz CT molecular complexity index is 1140. The van der Waals surface area contributed by atoms with Crippen molar-refractivity contribution in [1.29, 1.82) is 0 Å². The number of amides is 2. The van der Waals surface area contributed by atoms with Crippen LogP contribution in [0.5, 0.6) is 11.6 Å². The molecule has 0 saturated heterocycles. The van der Waals surface area contributed by atoms with E-state index in [2.05, 4.69) is 25.6 Å². The largest absolute Gasteiger partial charge is 0.439 e. The predicted octanol–water partition coefficient (Wildman–Crippen LogP) is 4.72. The van der Waals surface area contributed by atoms with Crippen LogP contribution < -0.4 is 15.4 Å². The van der Waals surface area contributed by atoms with Crippen LogP contribution in [0.15, 0.2) is 73.3 Å². The third-order valence-electron chi connectivity index (χ3n) is 4.21. The van der Waals surface area contributed by atoms with Crippen LogP contribution in [0.2, 0.25) is 0 Å². The molecule has 4 aromatic rings. The summed E-state index contributed by atoms with van der Waals surface area (Å²) in [6.07, 6.45) is 5.14. The number of urea groups is 1. The van der Waals surface area contributed by atoms with Gasteiger partial charge in [0.05, 0.1) is 0 Å². The summed E-state index contributed by atoms with van der Waals surface area (Å²) in [5.74, 6) is 2.27. The van der Waals surface area contributed by atoms with Gasteiger partial charge in [0.2, 0.25) is 5.88 Å². The average Bonchev–Trinajstić information content (AvgIpc) is 3.26. The summed E-state index contributed by atoms with van der Waals surface area (Å²) < 4.78 is 7.63. The SMILES string of the molecule is Cc1ccc(NC(=O)Nc2ccc(Oc3cc(-n4ccnc4)nc(C)n3)cc2)cc1. The molecule has 2 amide bonds. The molecule has 0 spiro atoms. The molecule has 30 heavy (non-hydrogen) atoms. The molecular weight excluding hydrogens is 380 g/mol. The van der Waals surface area contributed by atoms with Gasteiger partial charge in [-0.15, -0.1) is 0 Å². The monoisotopic (exact) mass is 400 g/mol. The lowest BCUT2D eigenvalue weighted by molar-refractivity contribution is 0.262. The molecule has 0 atom stereocenters. The molecule has 2 heterocycles. The van der Waals surface area contributed by atoms with E-state index in [0.29, 0.717) is 29.0 Å². The van der Waals surface area contributed by atoms with Gasteiger partial charge >= 0.3 is 6.03 Å². The summed E-state index contributed by atoms with van der Waals surface area (Å²) in [5.41, 5.74) is 2.50. The molecule has 0 saturated carbocycles. The van der Waals surface area contributed by atoms with E-state index in [0.717, 1.165) is 11.3 Å².